The lowest BCUT2D eigenvalue weighted by Crippen LogP contribution is -2.56. The second-order valence-corrected chi connectivity index (χ2v) is 6.32. The van der Waals surface area contributed by atoms with Crippen LogP contribution in [0, 0.1) is 5.92 Å². The standard InChI is InChI=1S/C17H23N3O4/c21-15-11-20(17(23)12-5-9-24-10-6-12)8-4-13(15)19-16(22)14-3-1-2-7-18-14/h1-3,7,12-13,15,21H,4-6,8-11H2,(H,19,22)/t13-,15-/m1/s1. The summed E-state index contributed by atoms with van der Waals surface area (Å²) in [6.45, 7) is 2.04. The van der Waals surface area contributed by atoms with E-state index in [1.807, 2.05) is 0 Å². The molecule has 2 fully saturated rings. The van der Waals surface area contributed by atoms with Gasteiger partial charge in [-0.15, -0.1) is 0 Å². The molecule has 2 aliphatic heterocycles. The van der Waals surface area contributed by atoms with Crippen LogP contribution in [-0.2, 0) is 9.53 Å². The van der Waals surface area contributed by atoms with E-state index in [9.17, 15) is 14.7 Å². The number of piperidine rings is 1. The molecule has 3 heterocycles. The molecule has 0 radical (unpaired) electrons. The number of rotatable bonds is 3. The van der Waals surface area contributed by atoms with E-state index in [2.05, 4.69) is 10.3 Å². The number of nitrogens with one attached hydrogen (secondary N) is 1. The number of β-amino-alcohol motifs (C(OH)–C–C–N with tert-alkyl or cyclic N) is 1. The van der Waals surface area contributed by atoms with Crippen LogP contribution < -0.4 is 5.32 Å². The van der Waals surface area contributed by atoms with Crippen molar-refractivity contribution in [3.8, 4) is 0 Å². The highest BCUT2D eigenvalue weighted by molar-refractivity contribution is 5.92. The molecule has 2 atom stereocenters. The van der Waals surface area contributed by atoms with Gasteiger partial charge >= 0.3 is 0 Å². The SMILES string of the molecule is O=C(N[C@@H]1CCN(C(=O)C2CCOCC2)C[C@H]1O)c1ccccn1. The highest BCUT2D eigenvalue weighted by atomic mass is 16.5. The summed E-state index contributed by atoms with van der Waals surface area (Å²) in [5.41, 5.74) is 0.324. The minimum atomic E-state index is -0.768. The molecule has 0 aliphatic carbocycles. The molecule has 7 nitrogen and oxygen atoms in total. The summed E-state index contributed by atoms with van der Waals surface area (Å²) in [4.78, 5) is 30.4. The maximum absolute atomic E-state index is 12.5. The van der Waals surface area contributed by atoms with Gasteiger partial charge in [0, 0.05) is 38.4 Å². The van der Waals surface area contributed by atoms with Crippen molar-refractivity contribution in [1.29, 1.82) is 0 Å². The van der Waals surface area contributed by atoms with E-state index in [4.69, 9.17) is 4.74 Å². The molecule has 3 rings (SSSR count). The number of likely N-dealkylation sites (tertiary alicyclic amines) is 1. The van der Waals surface area contributed by atoms with Crippen LogP contribution in [0.4, 0.5) is 0 Å². The Morgan fingerprint density at radius 3 is 2.71 bits per heavy atom. The third-order valence-corrected chi connectivity index (χ3v) is 4.68. The number of nitrogens with zero attached hydrogens (tertiary/aromatic N) is 2. The van der Waals surface area contributed by atoms with Gasteiger partial charge in [-0.25, -0.2) is 0 Å². The third kappa shape index (κ3) is 3.91. The molecule has 0 saturated carbocycles. The Morgan fingerprint density at radius 2 is 2.04 bits per heavy atom. The molecule has 2 N–H and O–H groups in total. The first-order valence-corrected chi connectivity index (χ1v) is 8.41. The Labute approximate surface area is 141 Å². The number of aliphatic hydroxyl groups excluding tert-OH is 1. The molecule has 1 aromatic rings. The van der Waals surface area contributed by atoms with E-state index >= 15 is 0 Å². The lowest BCUT2D eigenvalue weighted by molar-refractivity contribution is -0.142. The molecule has 1 aromatic heterocycles. The van der Waals surface area contributed by atoms with Gasteiger partial charge in [0.25, 0.3) is 5.91 Å². The molecule has 2 aliphatic rings. The zero-order valence-electron chi connectivity index (χ0n) is 13.6. The first-order chi connectivity index (χ1) is 11.6. The van der Waals surface area contributed by atoms with Gasteiger partial charge in [-0.05, 0) is 31.4 Å². The number of aliphatic hydroxyl groups is 1. The number of pyridine rings is 1. The summed E-state index contributed by atoms with van der Waals surface area (Å²) in [6, 6.07) is 4.75. The Kier molecular flexibility index (Phi) is 5.42. The van der Waals surface area contributed by atoms with Crippen LogP contribution in [0.15, 0.2) is 24.4 Å². The van der Waals surface area contributed by atoms with E-state index < -0.39 is 6.10 Å². The number of carbonyl (C=O) groups is 2. The van der Waals surface area contributed by atoms with E-state index in [0.29, 0.717) is 31.9 Å². The van der Waals surface area contributed by atoms with Crippen LogP contribution in [0.3, 0.4) is 0 Å². The van der Waals surface area contributed by atoms with Crippen LogP contribution in [-0.4, -0.2) is 65.3 Å². The Hall–Kier alpha value is -1.99. The topological polar surface area (TPSA) is 91.8 Å². The number of amides is 2. The maximum atomic E-state index is 12.5. The minimum Gasteiger partial charge on any atom is -0.389 e. The van der Waals surface area contributed by atoms with E-state index in [1.165, 1.54) is 0 Å². The van der Waals surface area contributed by atoms with Crippen molar-refractivity contribution >= 4 is 11.8 Å². The van der Waals surface area contributed by atoms with Gasteiger partial charge in [0.2, 0.25) is 5.91 Å². The minimum absolute atomic E-state index is 0.00869. The summed E-state index contributed by atoms with van der Waals surface area (Å²) < 4.78 is 5.29. The predicted octanol–water partition coefficient (Wildman–Crippen LogP) is 0.200. The average molecular weight is 333 g/mol. The molecule has 0 unspecified atom stereocenters. The quantitative estimate of drug-likeness (QED) is 0.824. The number of ether oxygens (including phenoxy) is 1. The van der Waals surface area contributed by atoms with Gasteiger partial charge in [0.05, 0.1) is 12.1 Å². The Morgan fingerprint density at radius 1 is 1.25 bits per heavy atom. The van der Waals surface area contributed by atoms with Crippen LogP contribution in [0.5, 0.6) is 0 Å². The summed E-state index contributed by atoms with van der Waals surface area (Å²) in [5.74, 6) is -0.221. The van der Waals surface area contributed by atoms with Gasteiger partial charge < -0.3 is 20.1 Å². The fourth-order valence-corrected chi connectivity index (χ4v) is 3.24. The number of aromatic nitrogens is 1. The summed E-state index contributed by atoms with van der Waals surface area (Å²) in [6.07, 6.45) is 2.81. The van der Waals surface area contributed by atoms with Crippen molar-refractivity contribution in [2.45, 2.75) is 31.4 Å². The first kappa shape index (κ1) is 16.9. The van der Waals surface area contributed by atoms with Gasteiger partial charge in [-0.2, -0.15) is 0 Å². The predicted molar refractivity (Wildman–Crippen MR) is 86.2 cm³/mol. The summed E-state index contributed by atoms with van der Waals surface area (Å²) in [5, 5.41) is 13.1. The number of carbonyl (C=O) groups excluding carboxylic acids is 2. The molecule has 130 valence electrons. The fourth-order valence-electron chi connectivity index (χ4n) is 3.24. The molecular formula is C17H23N3O4. The fraction of sp³-hybridized carbons (Fsp3) is 0.588. The van der Waals surface area contributed by atoms with Crippen molar-refractivity contribution in [2.24, 2.45) is 5.92 Å². The molecular weight excluding hydrogens is 310 g/mol. The lowest BCUT2D eigenvalue weighted by Gasteiger charge is -2.38. The molecule has 2 amide bonds. The van der Waals surface area contributed by atoms with Gasteiger partial charge in [-0.3, -0.25) is 14.6 Å². The zero-order chi connectivity index (χ0) is 16.9. The first-order valence-electron chi connectivity index (χ1n) is 8.41. The molecule has 2 saturated heterocycles. The normalized spacial score (nSPS) is 25.3. The Bertz CT molecular complexity index is 574. The van der Waals surface area contributed by atoms with Crippen molar-refractivity contribution in [2.75, 3.05) is 26.3 Å². The van der Waals surface area contributed by atoms with Crippen LogP contribution in [0.25, 0.3) is 0 Å². The monoisotopic (exact) mass is 333 g/mol. The van der Waals surface area contributed by atoms with Crippen LogP contribution in [0.1, 0.15) is 29.8 Å². The average Bonchev–Trinajstić information content (AvgIpc) is 2.64. The maximum Gasteiger partial charge on any atom is 0.270 e. The van der Waals surface area contributed by atoms with Crippen molar-refractivity contribution in [1.82, 2.24) is 15.2 Å². The van der Waals surface area contributed by atoms with Crippen molar-refractivity contribution in [3.05, 3.63) is 30.1 Å². The van der Waals surface area contributed by atoms with Gasteiger partial charge in [-0.1, -0.05) is 6.07 Å². The second-order valence-electron chi connectivity index (χ2n) is 6.32. The third-order valence-electron chi connectivity index (χ3n) is 4.68. The van der Waals surface area contributed by atoms with Gasteiger partial charge in [0.15, 0.2) is 0 Å². The van der Waals surface area contributed by atoms with Crippen molar-refractivity contribution < 1.29 is 19.4 Å². The van der Waals surface area contributed by atoms with Crippen molar-refractivity contribution in [3.63, 3.8) is 0 Å². The van der Waals surface area contributed by atoms with Crippen LogP contribution in [0.2, 0.25) is 0 Å². The molecule has 0 aromatic carbocycles. The highest BCUT2D eigenvalue weighted by Crippen LogP contribution is 2.21. The lowest BCUT2D eigenvalue weighted by atomic mass is 9.95. The highest BCUT2D eigenvalue weighted by Gasteiger charge is 2.34. The number of hydrogen-bond acceptors (Lipinski definition) is 5. The summed E-state index contributed by atoms with van der Waals surface area (Å²) in [7, 11) is 0. The second kappa shape index (κ2) is 7.72. The Balaban J connectivity index is 1.53. The smallest absolute Gasteiger partial charge is 0.270 e. The largest absolute Gasteiger partial charge is 0.389 e. The molecule has 0 spiro atoms. The molecule has 24 heavy (non-hydrogen) atoms. The van der Waals surface area contributed by atoms with Crippen LogP contribution >= 0.6 is 0 Å². The molecule has 0 bridgehead atoms. The number of hydrogen-bond donors (Lipinski definition) is 2. The van der Waals surface area contributed by atoms with E-state index in [-0.39, 0.29) is 30.3 Å². The van der Waals surface area contributed by atoms with Gasteiger partial charge in [0.1, 0.15) is 5.69 Å². The van der Waals surface area contributed by atoms with E-state index in [1.54, 1.807) is 29.3 Å². The summed E-state index contributed by atoms with van der Waals surface area (Å²) >= 11 is 0. The van der Waals surface area contributed by atoms with E-state index in [0.717, 1.165) is 12.8 Å². The molecule has 7 heteroatoms. The zero-order valence-corrected chi connectivity index (χ0v) is 13.6.